The van der Waals surface area contributed by atoms with E-state index in [9.17, 15) is 14.9 Å². The molecule has 1 atom stereocenters. The summed E-state index contributed by atoms with van der Waals surface area (Å²) in [7, 11) is -0.576. The third-order valence-electron chi connectivity index (χ3n) is 5.30. The highest BCUT2D eigenvalue weighted by molar-refractivity contribution is 6.74. The lowest BCUT2D eigenvalue weighted by atomic mass is 10.2. The van der Waals surface area contributed by atoms with Crippen LogP contribution in [0.1, 0.15) is 32.8 Å². The highest BCUT2D eigenvalue weighted by Crippen LogP contribution is 2.38. The quantitative estimate of drug-likeness (QED) is 0.384. The van der Waals surface area contributed by atoms with E-state index in [-0.39, 0.29) is 23.4 Å². The predicted molar refractivity (Wildman–Crippen MR) is 111 cm³/mol. The molecule has 0 aromatic heterocycles. The van der Waals surface area contributed by atoms with E-state index in [1.54, 1.807) is 12.1 Å². The van der Waals surface area contributed by atoms with E-state index in [2.05, 4.69) is 39.0 Å². The number of hydrogen-bond donors (Lipinski definition) is 0. The van der Waals surface area contributed by atoms with Crippen molar-refractivity contribution in [3.63, 3.8) is 0 Å². The number of hydrogen-bond acceptors (Lipinski definition) is 7. The molecule has 1 heterocycles. The number of likely N-dealkylation sites (tertiary alicyclic amines) is 1. The molecule has 2 rings (SSSR count). The Morgan fingerprint density at radius 1 is 1.31 bits per heavy atom. The summed E-state index contributed by atoms with van der Waals surface area (Å²) in [6.07, 6.45) is -0.260. The second kappa shape index (κ2) is 8.91. The van der Waals surface area contributed by atoms with E-state index in [4.69, 9.17) is 14.0 Å². The molecule has 1 aromatic rings. The summed E-state index contributed by atoms with van der Waals surface area (Å²) in [5.41, 5.74) is 0.641. The van der Waals surface area contributed by atoms with Crippen LogP contribution in [0, 0.1) is 10.1 Å². The average molecular weight is 424 g/mol. The highest BCUT2D eigenvalue weighted by atomic mass is 28.4. The minimum atomic E-state index is -2.00. The van der Waals surface area contributed by atoms with Gasteiger partial charge in [-0.25, -0.2) is 4.79 Å². The first-order valence-corrected chi connectivity index (χ1v) is 12.3. The van der Waals surface area contributed by atoms with Crippen LogP contribution in [0.25, 0.3) is 0 Å². The fourth-order valence-corrected chi connectivity index (χ4v) is 4.01. The molecule has 1 aliphatic rings. The van der Waals surface area contributed by atoms with Gasteiger partial charge in [0.15, 0.2) is 14.2 Å². The summed E-state index contributed by atoms with van der Waals surface area (Å²) < 4.78 is 11.8. The van der Waals surface area contributed by atoms with E-state index in [1.165, 1.54) is 24.1 Å². The van der Waals surface area contributed by atoms with Gasteiger partial charge in [0.1, 0.15) is 13.7 Å². The number of nitro benzene ring substituents is 1. The van der Waals surface area contributed by atoms with Crippen LogP contribution in [-0.4, -0.2) is 49.8 Å². The Bertz CT molecular complexity index is 773. The maximum Gasteiger partial charge on any atom is 0.415 e. The highest BCUT2D eigenvalue weighted by Gasteiger charge is 2.43. The van der Waals surface area contributed by atoms with Crippen LogP contribution in [0.2, 0.25) is 18.1 Å². The number of rotatable bonds is 6. The third kappa shape index (κ3) is 5.77. The van der Waals surface area contributed by atoms with Crippen LogP contribution in [0.15, 0.2) is 29.4 Å². The maximum atomic E-state index is 12.6. The zero-order valence-corrected chi connectivity index (χ0v) is 18.8. The molecule has 1 amide bonds. The van der Waals surface area contributed by atoms with E-state index in [0.29, 0.717) is 24.4 Å². The van der Waals surface area contributed by atoms with Gasteiger partial charge in [-0.1, -0.05) is 25.9 Å². The van der Waals surface area contributed by atoms with Crippen LogP contribution in [0.3, 0.4) is 0 Å². The van der Waals surface area contributed by atoms with Crippen molar-refractivity contribution in [3.8, 4) is 0 Å². The Morgan fingerprint density at radius 2 is 1.93 bits per heavy atom. The minimum Gasteiger partial charge on any atom is -0.444 e. The molecule has 0 saturated carbocycles. The molecule has 1 aromatic carbocycles. The molecule has 10 heteroatoms. The van der Waals surface area contributed by atoms with Crippen molar-refractivity contribution in [2.24, 2.45) is 5.16 Å². The molecule has 1 unspecified atom stereocenters. The number of benzene rings is 1. The van der Waals surface area contributed by atoms with E-state index in [1.807, 2.05) is 0 Å². The van der Waals surface area contributed by atoms with Crippen molar-refractivity contribution in [1.29, 1.82) is 0 Å². The maximum absolute atomic E-state index is 12.6. The van der Waals surface area contributed by atoms with Gasteiger partial charge in [0.2, 0.25) is 0 Å². The van der Waals surface area contributed by atoms with Gasteiger partial charge in [-0.15, -0.1) is 0 Å². The standard InChI is InChI=1S/C19H29N3O6Si/c1-19(2,3)29(5,6)28-16-11-17(20-26-4)21(12-16)18(23)27-13-14-7-9-15(10-8-14)22(24)25/h7-10,16H,11-13H2,1-6H3/b20-17-. The molecular weight excluding hydrogens is 394 g/mol. The zero-order chi connectivity index (χ0) is 21.8. The van der Waals surface area contributed by atoms with Crippen LogP contribution in [0.4, 0.5) is 10.5 Å². The monoisotopic (exact) mass is 423 g/mol. The Hall–Kier alpha value is -2.46. The Labute approximate surface area is 171 Å². The molecule has 0 radical (unpaired) electrons. The van der Waals surface area contributed by atoms with Gasteiger partial charge in [0.25, 0.3) is 5.69 Å². The fourth-order valence-electron chi connectivity index (χ4n) is 2.67. The van der Waals surface area contributed by atoms with E-state index < -0.39 is 19.3 Å². The molecular formula is C19H29N3O6Si. The summed E-state index contributed by atoms with van der Waals surface area (Å²) in [4.78, 5) is 29.2. The van der Waals surface area contributed by atoms with Gasteiger partial charge in [-0.05, 0) is 35.8 Å². The minimum absolute atomic E-state index is 0.00134. The number of oxime groups is 1. The summed E-state index contributed by atoms with van der Waals surface area (Å²) in [6.45, 7) is 11.2. The average Bonchev–Trinajstić information content (AvgIpc) is 3.01. The number of nitrogens with zero attached hydrogens (tertiary/aromatic N) is 3. The topological polar surface area (TPSA) is 104 Å². The van der Waals surface area contributed by atoms with Gasteiger partial charge >= 0.3 is 6.09 Å². The molecule has 0 N–H and O–H groups in total. The number of amidine groups is 1. The number of amides is 1. The van der Waals surface area contributed by atoms with Crippen LogP contribution in [0.5, 0.6) is 0 Å². The molecule has 0 spiro atoms. The van der Waals surface area contributed by atoms with Gasteiger partial charge in [-0.3, -0.25) is 15.0 Å². The predicted octanol–water partition coefficient (Wildman–Crippen LogP) is 4.29. The lowest BCUT2D eigenvalue weighted by Crippen LogP contribution is -2.44. The Balaban J connectivity index is 2.02. The number of ether oxygens (including phenoxy) is 1. The van der Waals surface area contributed by atoms with E-state index in [0.717, 1.165) is 0 Å². The SMILES string of the molecule is CO/N=C1/CC(O[Si](C)(C)C(C)(C)C)CN1C(=O)OCc1ccc([N+](=O)[O-])cc1. The molecule has 1 saturated heterocycles. The van der Waals surface area contributed by atoms with Gasteiger partial charge in [-0.2, -0.15) is 0 Å². The summed E-state index contributed by atoms with van der Waals surface area (Å²) in [5.74, 6) is 0.463. The van der Waals surface area contributed by atoms with Crippen LogP contribution >= 0.6 is 0 Å². The third-order valence-corrected chi connectivity index (χ3v) is 9.84. The van der Waals surface area contributed by atoms with Crippen molar-refractivity contribution >= 4 is 25.9 Å². The van der Waals surface area contributed by atoms with Crippen molar-refractivity contribution in [3.05, 3.63) is 39.9 Å². The fraction of sp³-hybridized carbons (Fsp3) is 0.579. The summed E-state index contributed by atoms with van der Waals surface area (Å²) >= 11 is 0. The molecule has 160 valence electrons. The normalized spacial score (nSPS) is 18.8. The summed E-state index contributed by atoms with van der Waals surface area (Å²) in [6, 6.07) is 5.87. The van der Waals surface area contributed by atoms with Gasteiger partial charge in [0.05, 0.1) is 17.6 Å². The first-order chi connectivity index (χ1) is 13.4. The van der Waals surface area contributed by atoms with Crippen LogP contribution < -0.4 is 0 Å². The number of non-ortho nitro benzene ring substituents is 1. The molecule has 9 nitrogen and oxygen atoms in total. The zero-order valence-electron chi connectivity index (χ0n) is 17.8. The first-order valence-electron chi connectivity index (χ1n) is 9.40. The molecule has 1 aliphatic heterocycles. The van der Waals surface area contributed by atoms with Gasteiger partial charge in [0, 0.05) is 18.6 Å². The lowest BCUT2D eigenvalue weighted by molar-refractivity contribution is -0.384. The van der Waals surface area contributed by atoms with Crippen molar-refractivity contribution in [2.75, 3.05) is 13.7 Å². The van der Waals surface area contributed by atoms with Crippen molar-refractivity contribution < 1.29 is 23.7 Å². The van der Waals surface area contributed by atoms with E-state index >= 15 is 0 Å². The second-order valence-corrected chi connectivity index (χ2v) is 13.2. The number of carbonyl (C=O) groups is 1. The largest absolute Gasteiger partial charge is 0.444 e. The number of carbonyl (C=O) groups excluding carboxylic acids is 1. The molecule has 29 heavy (non-hydrogen) atoms. The van der Waals surface area contributed by atoms with Gasteiger partial charge < -0.3 is 14.0 Å². The molecule has 0 bridgehead atoms. The number of nitro groups is 1. The van der Waals surface area contributed by atoms with Crippen molar-refractivity contribution in [1.82, 2.24) is 4.90 Å². The Kier molecular flexibility index (Phi) is 7.01. The lowest BCUT2D eigenvalue weighted by Gasteiger charge is -2.38. The van der Waals surface area contributed by atoms with Crippen molar-refractivity contribution in [2.45, 2.75) is 58.0 Å². The smallest absolute Gasteiger partial charge is 0.415 e. The first kappa shape index (κ1) is 22.8. The second-order valence-electron chi connectivity index (χ2n) is 8.48. The molecule has 1 fully saturated rings. The van der Waals surface area contributed by atoms with Crippen LogP contribution in [-0.2, 0) is 20.6 Å². The molecule has 0 aliphatic carbocycles. The summed E-state index contributed by atoms with van der Waals surface area (Å²) in [5, 5.41) is 14.7. The Morgan fingerprint density at radius 3 is 2.45 bits per heavy atom.